The first-order valence-electron chi connectivity index (χ1n) is 9.95. The van der Waals surface area contributed by atoms with Crippen molar-refractivity contribution in [1.82, 2.24) is 14.8 Å². The molecule has 2 heterocycles. The molecule has 1 aliphatic heterocycles. The fourth-order valence-corrected chi connectivity index (χ4v) is 4.38. The van der Waals surface area contributed by atoms with Gasteiger partial charge in [0.05, 0.1) is 18.1 Å². The number of hydrogen-bond donors (Lipinski definition) is 0. The number of amides is 2. The molecule has 0 bridgehead atoms. The fourth-order valence-electron chi connectivity index (χ4n) is 3.25. The molecular formula is C21H27N3O5S. The maximum absolute atomic E-state index is 12.6. The number of rotatable bonds is 6. The summed E-state index contributed by atoms with van der Waals surface area (Å²) in [5.41, 5.74) is 2.57. The van der Waals surface area contributed by atoms with Gasteiger partial charge in [-0.05, 0) is 32.9 Å². The largest absolute Gasteiger partial charge is 0.450 e. The molecule has 0 N–H and O–H groups in total. The zero-order valence-corrected chi connectivity index (χ0v) is 18.4. The highest BCUT2D eigenvalue weighted by atomic mass is 32.2. The van der Waals surface area contributed by atoms with E-state index in [1.165, 1.54) is 0 Å². The lowest BCUT2D eigenvalue weighted by Crippen LogP contribution is -2.51. The maximum atomic E-state index is 12.6. The Morgan fingerprint density at radius 1 is 1.17 bits per heavy atom. The van der Waals surface area contributed by atoms with Crippen molar-refractivity contribution in [1.29, 1.82) is 0 Å². The molecule has 8 nitrogen and oxygen atoms in total. The topological polar surface area (TPSA) is 93.0 Å². The van der Waals surface area contributed by atoms with E-state index in [-0.39, 0.29) is 23.5 Å². The van der Waals surface area contributed by atoms with Gasteiger partial charge in [-0.3, -0.25) is 9.00 Å². The predicted molar refractivity (Wildman–Crippen MR) is 113 cm³/mol. The first-order chi connectivity index (χ1) is 14.4. The third-order valence-corrected chi connectivity index (χ3v) is 6.06. The van der Waals surface area contributed by atoms with Crippen molar-refractivity contribution < 1.29 is 23.0 Å². The molecule has 1 aromatic heterocycles. The van der Waals surface area contributed by atoms with Crippen molar-refractivity contribution in [2.24, 2.45) is 0 Å². The second-order valence-corrected chi connectivity index (χ2v) is 8.64. The Bertz CT molecular complexity index is 934. The van der Waals surface area contributed by atoms with Crippen LogP contribution in [0, 0.1) is 13.8 Å². The Balaban J connectivity index is 1.54. The highest BCUT2D eigenvalue weighted by Crippen LogP contribution is 2.23. The van der Waals surface area contributed by atoms with E-state index in [9.17, 15) is 13.8 Å². The van der Waals surface area contributed by atoms with E-state index in [4.69, 9.17) is 9.15 Å². The van der Waals surface area contributed by atoms with Crippen molar-refractivity contribution >= 4 is 22.8 Å². The number of hydrogen-bond acceptors (Lipinski definition) is 6. The van der Waals surface area contributed by atoms with Gasteiger partial charge in [-0.1, -0.05) is 17.7 Å². The molecule has 0 spiro atoms. The van der Waals surface area contributed by atoms with Gasteiger partial charge in [0, 0.05) is 42.5 Å². The van der Waals surface area contributed by atoms with Crippen LogP contribution in [0.5, 0.6) is 0 Å². The molecule has 3 rings (SSSR count). The summed E-state index contributed by atoms with van der Waals surface area (Å²) in [6.45, 7) is 7.52. The zero-order valence-electron chi connectivity index (χ0n) is 17.6. The van der Waals surface area contributed by atoms with Gasteiger partial charge in [-0.25, -0.2) is 9.78 Å². The molecule has 1 atom stereocenters. The molecule has 9 heteroatoms. The molecule has 0 saturated carbocycles. The molecule has 0 radical (unpaired) electrons. The third kappa shape index (κ3) is 5.47. The van der Waals surface area contributed by atoms with Gasteiger partial charge in [-0.15, -0.1) is 0 Å². The van der Waals surface area contributed by atoms with Crippen molar-refractivity contribution in [3.05, 3.63) is 41.3 Å². The average molecular weight is 434 g/mol. The van der Waals surface area contributed by atoms with Crippen molar-refractivity contribution in [2.45, 2.75) is 26.5 Å². The standard InChI is InChI=1S/C21H27N3O5S/c1-4-28-21(26)24-10-8-23(9-11-24)19(25)14-30(27)13-18-16(3)29-20(22-18)17-7-5-6-15(2)12-17/h5-7,12H,4,8-11,13-14H2,1-3H3/t30-/m0/s1. The maximum Gasteiger partial charge on any atom is 0.409 e. The first kappa shape index (κ1) is 22.0. The fraction of sp³-hybridized carbons (Fsp3) is 0.476. The number of carbonyl (C=O) groups is 2. The van der Waals surface area contributed by atoms with Gasteiger partial charge in [0.1, 0.15) is 11.5 Å². The molecule has 2 amide bonds. The van der Waals surface area contributed by atoms with Crippen molar-refractivity contribution in [3.8, 4) is 11.5 Å². The van der Waals surface area contributed by atoms with E-state index >= 15 is 0 Å². The number of piperazine rings is 1. The highest BCUT2D eigenvalue weighted by Gasteiger charge is 2.26. The van der Waals surface area contributed by atoms with Crippen LogP contribution in [0.25, 0.3) is 11.5 Å². The Morgan fingerprint density at radius 2 is 1.87 bits per heavy atom. The predicted octanol–water partition coefficient (Wildman–Crippen LogP) is 2.51. The second-order valence-electron chi connectivity index (χ2n) is 7.19. The summed E-state index contributed by atoms with van der Waals surface area (Å²) in [6.07, 6.45) is -0.362. The van der Waals surface area contributed by atoms with Crippen LogP contribution in [-0.4, -0.2) is 69.5 Å². The van der Waals surface area contributed by atoms with Crippen LogP contribution in [0.1, 0.15) is 23.9 Å². The van der Waals surface area contributed by atoms with Crippen LogP contribution in [0.15, 0.2) is 28.7 Å². The average Bonchev–Trinajstić information content (AvgIpc) is 3.08. The van der Waals surface area contributed by atoms with E-state index in [2.05, 4.69) is 4.98 Å². The molecule has 1 aliphatic rings. The van der Waals surface area contributed by atoms with E-state index < -0.39 is 10.8 Å². The second kappa shape index (κ2) is 9.88. The van der Waals surface area contributed by atoms with Gasteiger partial charge in [0.25, 0.3) is 0 Å². The van der Waals surface area contributed by atoms with Crippen LogP contribution in [0.4, 0.5) is 4.79 Å². The van der Waals surface area contributed by atoms with E-state index in [0.29, 0.717) is 50.1 Å². The van der Waals surface area contributed by atoms with Gasteiger partial charge in [-0.2, -0.15) is 0 Å². The number of carbonyl (C=O) groups excluding carboxylic acids is 2. The number of nitrogens with zero attached hydrogens (tertiary/aromatic N) is 3. The summed E-state index contributed by atoms with van der Waals surface area (Å²) in [7, 11) is -1.40. The third-order valence-electron chi connectivity index (χ3n) is 4.90. The van der Waals surface area contributed by atoms with Gasteiger partial charge in [0.15, 0.2) is 0 Å². The lowest BCUT2D eigenvalue weighted by Gasteiger charge is -2.34. The number of oxazole rings is 1. The number of benzene rings is 1. The van der Waals surface area contributed by atoms with Crippen LogP contribution in [-0.2, 0) is 26.1 Å². The lowest BCUT2D eigenvalue weighted by molar-refractivity contribution is -0.129. The van der Waals surface area contributed by atoms with Crippen LogP contribution in [0.2, 0.25) is 0 Å². The first-order valence-corrected chi connectivity index (χ1v) is 11.4. The molecule has 0 aliphatic carbocycles. The number of aryl methyl sites for hydroxylation is 2. The van der Waals surface area contributed by atoms with Gasteiger partial charge in [0.2, 0.25) is 11.8 Å². The zero-order chi connectivity index (χ0) is 21.7. The summed E-state index contributed by atoms with van der Waals surface area (Å²) >= 11 is 0. The minimum absolute atomic E-state index is 0.0779. The molecule has 1 fully saturated rings. The highest BCUT2D eigenvalue weighted by molar-refractivity contribution is 7.84. The minimum Gasteiger partial charge on any atom is -0.450 e. The van der Waals surface area contributed by atoms with Crippen molar-refractivity contribution in [2.75, 3.05) is 38.5 Å². The Hall–Kier alpha value is -2.68. The normalized spacial score (nSPS) is 15.2. The molecule has 162 valence electrons. The Morgan fingerprint density at radius 3 is 2.53 bits per heavy atom. The molecule has 1 saturated heterocycles. The summed E-state index contributed by atoms with van der Waals surface area (Å²) in [4.78, 5) is 32.0. The summed E-state index contributed by atoms with van der Waals surface area (Å²) in [5.74, 6) is 0.998. The van der Waals surface area contributed by atoms with Crippen LogP contribution >= 0.6 is 0 Å². The molecular weight excluding hydrogens is 406 g/mol. The van der Waals surface area contributed by atoms with E-state index in [0.717, 1.165) is 11.1 Å². The summed E-state index contributed by atoms with van der Waals surface area (Å²) in [5, 5.41) is 0. The molecule has 30 heavy (non-hydrogen) atoms. The summed E-state index contributed by atoms with van der Waals surface area (Å²) in [6, 6.07) is 7.82. The SMILES string of the molecule is CCOC(=O)N1CCN(C(=O)C[S@@](=O)Cc2nc(-c3cccc(C)c3)oc2C)CC1. The smallest absolute Gasteiger partial charge is 0.409 e. The lowest BCUT2D eigenvalue weighted by atomic mass is 10.1. The monoisotopic (exact) mass is 433 g/mol. The quantitative estimate of drug-likeness (QED) is 0.695. The van der Waals surface area contributed by atoms with E-state index in [1.54, 1.807) is 23.6 Å². The van der Waals surface area contributed by atoms with Gasteiger partial charge < -0.3 is 19.0 Å². The van der Waals surface area contributed by atoms with Gasteiger partial charge >= 0.3 is 6.09 Å². The Labute approximate surface area is 178 Å². The molecule has 2 aromatic rings. The van der Waals surface area contributed by atoms with E-state index in [1.807, 2.05) is 31.2 Å². The van der Waals surface area contributed by atoms with Crippen LogP contribution < -0.4 is 0 Å². The molecule has 1 aromatic carbocycles. The van der Waals surface area contributed by atoms with Crippen molar-refractivity contribution in [3.63, 3.8) is 0 Å². The van der Waals surface area contributed by atoms with Crippen LogP contribution in [0.3, 0.4) is 0 Å². The Kier molecular flexibility index (Phi) is 7.25. The number of ether oxygens (including phenoxy) is 1. The minimum atomic E-state index is -1.40. The molecule has 0 unspecified atom stereocenters. The number of aromatic nitrogens is 1. The summed E-state index contributed by atoms with van der Waals surface area (Å²) < 4.78 is 23.3.